The molecule has 2 atom stereocenters. The number of nitrogens with zero attached hydrogens (tertiary/aromatic N) is 1. The lowest BCUT2D eigenvalue weighted by atomic mass is 10.0. The van der Waals surface area contributed by atoms with Crippen molar-refractivity contribution < 1.29 is 23.4 Å². The van der Waals surface area contributed by atoms with Crippen molar-refractivity contribution in [1.29, 1.82) is 0 Å². The molecular formula is C16H17F2NO3S. The monoisotopic (exact) mass is 341 g/mol. The van der Waals surface area contributed by atoms with E-state index < -0.39 is 23.8 Å². The third-order valence-electron chi connectivity index (χ3n) is 4.02. The molecule has 124 valence electrons. The number of hydrogen-bond donors (Lipinski definition) is 1. The zero-order valence-electron chi connectivity index (χ0n) is 12.6. The van der Waals surface area contributed by atoms with Gasteiger partial charge in [-0.15, -0.1) is 11.8 Å². The molecule has 0 spiro atoms. The maximum atomic E-state index is 14.1. The molecule has 3 rings (SSSR count). The Morgan fingerprint density at radius 3 is 2.96 bits per heavy atom. The number of β-amino-alcohol motifs (C(OH)–C–C–N with tert-alkyl or cyclic N) is 1. The van der Waals surface area contributed by atoms with Crippen LogP contribution in [-0.4, -0.2) is 40.9 Å². The lowest BCUT2D eigenvalue weighted by Crippen LogP contribution is -2.34. The number of amides is 1. The van der Waals surface area contributed by atoms with Crippen LogP contribution in [0.4, 0.5) is 8.78 Å². The first-order chi connectivity index (χ1) is 11.0. The molecular weight excluding hydrogens is 324 g/mol. The van der Waals surface area contributed by atoms with E-state index in [1.54, 1.807) is 6.92 Å². The van der Waals surface area contributed by atoms with Crippen LogP contribution in [0.3, 0.4) is 0 Å². The second-order valence-electron chi connectivity index (χ2n) is 5.61. The number of benzene rings is 1. The summed E-state index contributed by atoms with van der Waals surface area (Å²) >= 11 is 1.39. The summed E-state index contributed by atoms with van der Waals surface area (Å²) in [5.74, 6) is -0.264. The number of likely N-dealkylation sites (tertiary alicyclic amines) is 1. The normalized spacial score (nSPS) is 24.8. The topological polar surface area (TPSA) is 49.8 Å². The highest BCUT2D eigenvalue weighted by Crippen LogP contribution is 2.37. The number of halogens is 2. The van der Waals surface area contributed by atoms with Gasteiger partial charge in [-0.2, -0.15) is 0 Å². The Morgan fingerprint density at radius 1 is 1.43 bits per heavy atom. The van der Waals surface area contributed by atoms with Gasteiger partial charge in [0.25, 0.3) is 5.91 Å². The number of carbonyl (C=O) groups is 1. The molecule has 1 aromatic carbocycles. The van der Waals surface area contributed by atoms with Crippen molar-refractivity contribution in [3.63, 3.8) is 0 Å². The predicted molar refractivity (Wildman–Crippen MR) is 82.5 cm³/mol. The van der Waals surface area contributed by atoms with Gasteiger partial charge in [0.05, 0.1) is 18.8 Å². The highest BCUT2D eigenvalue weighted by molar-refractivity contribution is 8.04. The van der Waals surface area contributed by atoms with Crippen LogP contribution in [0.5, 0.6) is 0 Å². The molecule has 0 aromatic heterocycles. The van der Waals surface area contributed by atoms with Crippen LogP contribution >= 0.6 is 11.8 Å². The molecule has 1 N–H and O–H groups in total. The van der Waals surface area contributed by atoms with Crippen LogP contribution < -0.4 is 0 Å². The van der Waals surface area contributed by atoms with Crippen LogP contribution in [0.2, 0.25) is 0 Å². The van der Waals surface area contributed by atoms with Crippen molar-refractivity contribution in [3.8, 4) is 0 Å². The zero-order chi connectivity index (χ0) is 16.6. The third-order valence-corrected chi connectivity index (χ3v) is 5.14. The number of aliphatic hydroxyl groups is 1. The van der Waals surface area contributed by atoms with Crippen LogP contribution in [0, 0.1) is 11.6 Å². The molecule has 0 radical (unpaired) electrons. The molecule has 2 heterocycles. The largest absolute Gasteiger partial charge is 0.496 e. The van der Waals surface area contributed by atoms with Gasteiger partial charge in [0.1, 0.15) is 22.3 Å². The minimum absolute atomic E-state index is 0.0925. The molecule has 4 nitrogen and oxygen atoms in total. The van der Waals surface area contributed by atoms with Crippen molar-refractivity contribution in [2.24, 2.45) is 0 Å². The fourth-order valence-electron chi connectivity index (χ4n) is 2.95. The average molecular weight is 341 g/mol. The first-order valence-electron chi connectivity index (χ1n) is 7.38. The summed E-state index contributed by atoms with van der Waals surface area (Å²) in [5, 5.41) is 9.94. The Kier molecular flexibility index (Phi) is 4.59. The molecule has 2 aliphatic heterocycles. The van der Waals surface area contributed by atoms with Crippen LogP contribution in [-0.2, 0) is 9.53 Å². The van der Waals surface area contributed by atoms with Gasteiger partial charge in [0.15, 0.2) is 0 Å². The van der Waals surface area contributed by atoms with Gasteiger partial charge in [0, 0.05) is 17.9 Å². The number of allylic oxidation sites excluding steroid dienone is 1. The minimum atomic E-state index is -0.762. The van der Waals surface area contributed by atoms with Crippen molar-refractivity contribution >= 4 is 17.7 Å². The van der Waals surface area contributed by atoms with Crippen LogP contribution in [0.15, 0.2) is 28.9 Å². The van der Waals surface area contributed by atoms with Gasteiger partial charge in [0.2, 0.25) is 0 Å². The molecule has 1 aromatic rings. The average Bonchev–Trinajstić information content (AvgIpc) is 2.91. The van der Waals surface area contributed by atoms with Gasteiger partial charge >= 0.3 is 0 Å². The van der Waals surface area contributed by atoms with Crippen LogP contribution in [0.25, 0.3) is 0 Å². The van der Waals surface area contributed by atoms with Gasteiger partial charge in [-0.05, 0) is 31.5 Å². The smallest absolute Gasteiger partial charge is 0.264 e. The number of thioether (sulfide) groups is 1. The number of hydrogen-bond acceptors (Lipinski definition) is 4. The molecule has 1 saturated heterocycles. The molecule has 0 saturated carbocycles. The second-order valence-corrected chi connectivity index (χ2v) is 6.72. The highest BCUT2D eigenvalue weighted by atomic mass is 32.2. The Morgan fingerprint density at radius 2 is 2.22 bits per heavy atom. The molecule has 7 heteroatoms. The van der Waals surface area contributed by atoms with E-state index in [0.29, 0.717) is 23.0 Å². The van der Waals surface area contributed by atoms with Gasteiger partial charge in [-0.1, -0.05) is 0 Å². The number of aliphatic hydroxyl groups excluding tert-OH is 1. The van der Waals surface area contributed by atoms with E-state index in [1.807, 2.05) is 0 Å². The molecule has 0 bridgehead atoms. The maximum absolute atomic E-state index is 14.1. The standard InChI is InChI=1S/C16H17F2NO3S/c1-9-15(23-5-4-22-9)16(21)19-8-11(20)7-14(19)12-6-10(17)2-3-13(12)18/h2-3,6,11,14,20H,4-5,7-8H2,1H3. The van der Waals surface area contributed by atoms with Gasteiger partial charge in [-0.3, -0.25) is 4.79 Å². The number of rotatable bonds is 2. The quantitative estimate of drug-likeness (QED) is 0.898. The Balaban J connectivity index is 1.94. The van der Waals surface area contributed by atoms with E-state index in [9.17, 15) is 18.7 Å². The lowest BCUT2D eigenvalue weighted by Gasteiger charge is -2.28. The van der Waals surface area contributed by atoms with Crippen molar-refractivity contribution in [1.82, 2.24) is 4.90 Å². The van der Waals surface area contributed by atoms with E-state index in [4.69, 9.17) is 4.74 Å². The lowest BCUT2D eigenvalue weighted by molar-refractivity contribution is -0.127. The Labute approximate surface area is 137 Å². The second kappa shape index (κ2) is 6.49. The van der Waals surface area contributed by atoms with E-state index in [2.05, 4.69) is 0 Å². The van der Waals surface area contributed by atoms with Crippen LogP contribution in [0.1, 0.15) is 24.9 Å². The first kappa shape index (κ1) is 16.3. The zero-order valence-corrected chi connectivity index (χ0v) is 13.4. The molecule has 1 fully saturated rings. The number of ether oxygens (including phenoxy) is 1. The molecule has 1 amide bonds. The Bertz CT molecular complexity index is 665. The van der Waals surface area contributed by atoms with Gasteiger partial charge in [-0.25, -0.2) is 8.78 Å². The summed E-state index contributed by atoms with van der Waals surface area (Å²) in [4.78, 5) is 14.6. The van der Waals surface area contributed by atoms with E-state index in [1.165, 1.54) is 16.7 Å². The van der Waals surface area contributed by atoms with Crippen molar-refractivity contribution in [3.05, 3.63) is 46.1 Å². The molecule has 0 aliphatic carbocycles. The summed E-state index contributed by atoms with van der Waals surface area (Å²) in [6, 6.07) is 2.48. The summed E-state index contributed by atoms with van der Waals surface area (Å²) in [6.07, 6.45) is -0.578. The van der Waals surface area contributed by atoms with Crippen molar-refractivity contribution in [2.75, 3.05) is 18.9 Å². The third kappa shape index (κ3) is 3.21. The maximum Gasteiger partial charge on any atom is 0.264 e. The van der Waals surface area contributed by atoms with E-state index in [0.717, 1.165) is 18.2 Å². The molecule has 23 heavy (non-hydrogen) atoms. The van der Waals surface area contributed by atoms with Gasteiger partial charge < -0.3 is 14.7 Å². The first-order valence-corrected chi connectivity index (χ1v) is 8.36. The number of carbonyl (C=O) groups excluding carboxylic acids is 1. The molecule has 2 unspecified atom stereocenters. The highest BCUT2D eigenvalue weighted by Gasteiger charge is 2.39. The van der Waals surface area contributed by atoms with E-state index >= 15 is 0 Å². The summed E-state index contributed by atoms with van der Waals surface area (Å²) < 4.78 is 32.9. The summed E-state index contributed by atoms with van der Waals surface area (Å²) in [6.45, 7) is 2.35. The fourth-order valence-corrected chi connectivity index (χ4v) is 3.83. The van der Waals surface area contributed by atoms with E-state index in [-0.39, 0.29) is 24.4 Å². The molecule has 2 aliphatic rings. The predicted octanol–water partition coefficient (Wildman–Crippen LogP) is 2.59. The fraction of sp³-hybridized carbons (Fsp3) is 0.438. The summed E-state index contributed by atoms with van der Waals surface area (Å²) in [7, 11) is 0. The Hall–Kier alpha value is -1.60. The minimum Gasteiger partial charge on any atom is -0.496 e. The summed E-state index contributed by atoms with van der Waals surface area (Å²) in [5.41, 5.74) is 0.0925. The SMILES string of the molecule is CC1=C(C(=O)N2CC(O)CC2c2cc(F)ccc2F)SCCO1. The van der Waals surface area contributed by atoms with Crippen molar-refractivity contribution in [2.45, 2.75) is 25.5 Å².